The molecule has 3 aromatic carbocycles. The smallest absolute Gasteiger partial charge is 0.0368 e. The molecule has 1 unspecified atom stereocenters. The summed E-state index contributed by atoms with van der Waals surface area (Å²) >= 11 is 1.72. The number of hydrogen-bond acceptors (Lipinski definition) is 2. The number of nitrogens with one attached hydrogen (secondary N) is 1. The van der Waals surface area contributed by atoms with Gasteiger partial charge in [0.25, 0.3) is 0 Å². The third-order valence-electron chi connectivity index (χ3n) is 3.02. The van der Waals surface area contributed by atoms with E-state index in [9.17, 15) is 0 Å². The lowest BCUT2D eigenvalue weighted by molar-refractivity contribution is 1.21. The molecule has 0 spiro atoms. The predicted octanol–water partition coefficient (Wildman–Crippen LogP) is 5.64. The Kier molecular flexibility index (Phi) is 4.53. The van der Waals surface area contributed by atoms with Crippen LogP contribution < -0.4 is 0 Å². The third-order valence-corrected chi connectivity index (χ3v) is 5.77. The second-order valence-electron chi connectivity index (χ2n) is 4.48. The molecule has 0 saturated heterocycles. The maximum Gasteiger partial charge on any atom is 0.0368 e. The van der Waals surface area contributed by atoms with Gasteiger partial charge in [0.2, 0.25) is 0 Å². The highest BCUT2D eigenvalue weighted by Crippen LogP contribution is 2.33. The van der Waals surface area contributed by atoms with Crippen molar-refractivity contribution < 1.29 is 0 Å². The summed E-state index contributed by atoms with van der Waals surface area (Å²) in [5, 5.41) is 0. The SMILES string of the molecule is N=S(c1ccccc1)c1ccccc1Sc1ccccc1. The van der Waals surface area contributed by atoms with Gasteiger partial charge < -0.3 is 0 Å². The second-order valence-corrected chi connectivity index (χ2v) is 7.12. The van der Waals surface area contributed by atoms with Crippen LogP contribution in [0.25, 0.3) is 0 Å². The van der Waals surface area contributed by atoms with Gasteiger partial charge in [-0.05, 0) is 47.1 Å². The van der Waals surface area contributed by atoms with Crippen molar-refractivity contribution in [3.05, 3.63) is 84.9 Å². The van der Waals surface area contributed by atoms with Crippen LogP contribution in [0.2, 0.25) is 0 Å². The molecule has 0 saturated carbocycles. The third kappa shape index (κ3) is 3.43. The maximum absolute atomic E-state index is 8.58. The Balaban J connectivity index is 1.95. The Morgan fingerprint density at radius 2 is 1.24 bits per heavy atom. The van der Waals surface area contributed by atoms with E-state index in [4.69, 9.17) is 4.78 Å². The zero-order chi connectivity index (χ0) is 14.5. The second kappa shape index (κ2) is 6.74. The van der Waals surface area contributed by atoms with Crippen LogP contribution in [0.3, 0.4) is 0 Å². The molecule has 1 nitrogen and oxygen atoms in total. The Morgan fingerprint density at radius 3 is 1.95 bits per heavy atom. The Bertz CT molecular complexity index is 739. The van der Waals surface area contributed by atoms with Crippen LogP contribution in [0.1, 0.15) is 0 Å². The van der Waals surface area contributed by atoms with E-state index in [1.165, 1.54) is 4.90 Å². The lowest BCUT2D eigenvalue weighted by Gasteiger charge is -2.11. The first-order chi connectivity index (χ1) is 10.3. The molecule has 3 aromatic rings. The fourth-order valence-electron chi connectivity index (χ4n) is 2.00. The first-order valence-corrected chi connectivity index (χ1v) is 8.71. The summed E-state index contributed by atoms with van der Waals surface area (Å²) in [6.07, 6.45) is 0. The van der Waals surface area contributed by atoms with Crippen LogP contribution in [0.5, 0.6) is 0 Å². The molecule has 21 heavy (non-hydrogen) atoms. The van der Waals surface area contributed by atoms with E-state index >= 15 is 0 Å². The highest BCUT2D eigenvalue weighted by molar-refractivity contribution is 8.00. The molecular weight excluding hydrogens is 294 g/mol. The van der Waals surface area contributed by atoms with Gasteiger partial charge >= 0.3 is 0 Å². The Labute approximate surface area is 131 Å². The zero-order valence-electron chi connectivity index (χ0n) is 11.4. The van der Waals surface area contributed by atoms with Crippen molar-refractivity contribution in [2.45, 2.75) is 19.6 Å². The molecule has 0 bridgehead atoms. The van der Waals surface area contributed by atoms with E-state index in [0.29, 0.717) is 0 Å². The van der Waals surface area contributed by atoms with E-state index in [-0.39, 0.29) is 0 Å². The van der Waals surface area contributed by atoms with E-state index in [2.05, 4.69) is 24.3 Å². The molecule has 1 N–H and O–H groups in total. The van der Waals surface area contributed by atoms with Gasteiger partial charge in [-0.1, -0.05) is 60.3 Å². The van der Waals surface area contributed by atoms with Crippen molar-refractivity contribution in [3.8, 4) is 0 Å². The zero-order valence-corrected chi connectivity index (χ0v) is 13.0. The first-order valence-electron chi connectivity index (χ1n) is 6.67. The summed E-state index contributed by atoms with van der Waals surface area (Å²) in [5.41, 5.74) is 0. The fraction of sp³-hybridized carbons (Fsp3) is 0. The van der Waals surface area contributed by atoms with Gasteiger partial charge in [0.05, 0.1) is 0 Å². The number of benzene rings is 3. The molecule has 104 valence electrons. The summed E-state index contributed by atoms with van der Waals surface area (Å²) in [6.45, 7) is 0. The van der Waals surface area contributed by atoms with Crippen molar-refractivity contribution in [3.63, 3.8) is 0 Å². The van der Waals surface area contributed by atoms with Gasteiger partial charge in [0.1, 0.15) is 0 Å². The molecule has 0 amide bonds. The average Bonchev–Trinajstić information content (AvgIpc) is 2.56. The molecule has 0 aliphatic carbocycles. The highest BCUT2D eigenvalue weighted by atomic mass is 32.2. The van der Waals surface area contributed by atoms with Crippen molar-refractivity contribution in [2.24, 2.45) is 0 Å². The number of rotatable bonds is 4. The molecule has 3 rings (SSSR count). The van der Waals surface area contributed by atoms with E-state index in [0.717, 1.165) is 14.7 Å². The summed E-state index contributed by atoms with van der Waals surface area (Å²) in [6, 6.07) is 28.6. The maximum atomic E-state index is 8.58. The van der Waals surface area contributed by atoms with Crippen LogP contribution in [0.4, 0.5) is 0 Å². The topological polar surface area (TPSA) is 23.9 Å². The van der Waals surface area contributed by atoms with Gasteiger partial charge in [-0.2, -0.15) is 0 Å². The van der Waals surface area contributed by atoms with Crippen molar-refractivity contribution >= 4 is 22.5 Å². The van der Waals surface area contributed by atoms with Gasteiger partial charge in [-0.3, -0.25) is 4.78 Å². The van der Waals surface area contributed by atoms with Crippen LogP contribution >= 0.6 is 11.8 Å². The summed E-state index contributed by atoms with van der Waals surface area (Å²) in [7, 11) is -0.653. The van der Waals surface area contributed by atoms with Crippen LogP contribution in [-0.2, 0) is 10.7 Å². The Hall–Kier alpha value is -1.84. The van der Waals surface area contributed by atoms with Gasteiger partial charge in [0, 0.05) is 19.6 Å². The largest absolute Gasteiger partial charge is 0.271 e. The molecule has 1 atom stereocenters. The van der Waals surface area contributed by atoms with Crippen LogP contribution in [0, 0.1) is 4.78 Å². The highest BCUT2D eigenvalue weighted by Gasteiger charge is 2.09. The molecule has 0 aromatic heterocycles. The van der Waals surface area contributed by atoms with Gasteiger partial charge in [0.15, 0.2) is 0 Å². The summed E-state index contributed by atoms with van der Waals surface area (Å²) in [4.78, 5) is 4.50. The molecule has 3 heteroatoms. The number of hydrogen-bond donors (Lipinski definition) is 1. The van der Waals surface area contributed by atoms with E-state index < -0.39 is 10.7 Å². The van der Waals surface area contributed by atoms with Crippen molar-refractivity contribution in [1.29, 1.82) is 4.78 Å². The minimum Gasteiger partial charge on any atom is -0.271 e. The fourth-order valence-corrected chi connectivity index (χ4v) is 4.41. The van der Waals surface area contributed by atoms with Crippen LogP contribution in [-0.4, -0.2) is 0 Å². The van der Waals surface area contributed by atoms with Crippen LogP contribution in [0.15, 0.2) is 105 Å². The molecular formula is C18H15NS2. The normalized spacial score (nSPS) is 12.0. The van der Waals surface area contributed by atoms with Gasteiger partial charge in [-0.25, -0.2) is 0 Å². The lowest BCUT2D eigenvalue weighted by Crippen LogP contribution is -1.93. The Morgan fingerprint density at radius 1 is 0.667 bits per heavy atom. The van der Waals surface area contributed by atoms with Crippen molar-refractivity contribution in [2.75, 3.05) is 0 Å². The summed E-state index contributed by atoms with van der Waals surface area (Å²) in [5.74, 6) is 0. The van der Waals surface area contributed by atoms with Crippen molar-refractivity contribution in [1.82, 2.24) is 0 Å². The standard InChI is InChI=1S/C18H15NS2/c19-21(16-11-5-2-6-12-16)18-14-8-7-13-17(18)20-15-9-3-1-4-10-15/h1-14,19H. The average molecular weight is 309 g/mol. The van der Waals surface area contributed by atoms with Gasteiger partial charge in [-0.15, -0.1) is 0 Å². The monoisotopic (exact) mass is 309 g/mol. The predicted molar refractivity (Wildman–Crippen MR) is 90.1 cm³/mol. The molecule has 0 heterocycles. The quantitative estimate of drug-likeness (QED) is 0.663. The minimum absolute atomic E-state index is 0.653. The van der Waals surface area contributed by atoms with E-state index in [1.54, 1.807) is 11.8 Å². The lowest BCUT2D eigenvalue weighted by atomic mass is 10.4. The minimum atomic E-state index is -0.653. The molecule has 0 aliphatic rings. The molecule has 0 fully saturated rings. The first kappa shape index (κ1) is 14.1. The summed E-state index contributed by atoms with van der Waals surface area (Å²) < 4.78 is 8.58. The molecule has 0 radical (unpaired) electrons. The van der Waals surface area contributed by atoms with E-state index in [1.807, 2.05) is 60.7 Å². The molecule has 0 aliphatic heterocycles.